The van der Waals surface area contributed by atoms with Crippen LogP contribution >= 0.6 is 0 Å². The smallest absolute Gasteiger partial charge is 0.0833 e. The second-order valence-electron chi connectivity index (χ2n) is 3.26. The molecule has 0 atom stereocenters. The fourth-order valence-corrected chi connectivity index (χ4v) is 1.77. The van der Waals surface area contributed by atoms with Crippen molar-refractivity contribution in [2.45, 2.75) is 40.7 Å². The van der Waals surface area contributed by atoms with Gasteiger partial charge in [-0.05, 0) is 34.6 Å². The Balaban J connectivity index is 4.15. The van der Waals surface area contributed by atoms with E-state index in [1.807, 2.05) is 0 Å². The Morgan fingerprint density at radius 3 is 1.20 bits per heavy atom. The Kier molecular flexibility index (Phi) is 3.95. The van der Waals surface area contributed by atoms with Gasteiger partial charge in [-0.2, -0.15) is 0 Å². The van der Waals surface area contributed by atoms with E-state index < -0.39 is 0 Å². The van der Waals surface area contributed by atoms with Crippen LogP contribution in [0.4, 0.5) is 0 Å². The molecule has 0 aliphatic rings. The van der Waals surface area contributed by atoms with E-state index in [-0.39, 0.29) is 0 Å². The molecule has 0 unspecified atom stereocenters. The molecule has 0 N–H and O–H groups in total. The molecule has 0 fully saturated rings. The minimum absolute atomic E-state index is 0.778. The van der Waals surface area contributed by atoms with Crippen LogP contribution < -0.4 is 0 Å². The lowest BCUT2D eigenvalue weighted by atomic mass is 10.2. The lowest BCUT2D eigenvalue weighted by Crippen LogP contribution is -2.52. The summed E-state index contributed by atoms with van der Waals surface area (Å²) in [5, 5.41) is 0. The molecule has 1 heteroatoms. The number of nitrogens with zero attached hydrogens (tertiary/aromatic N) is 1. The van der Waals surface area contributed by atoms with Gasteiger partial charge in [0.25, 0.3) is 0 Å². The van der Waals surface area contributed by atoms with Crippen LogP contribution in [0.1, 0.15) is 34.6 Å². The SMILES string of the molecule is CC[N+](CC)(CC)C(C)C. The topological polar surface area (TPSA) is 0 Å². The first-order valence-corrected chi connectivity index (χ1v) is 4.48. The van der Waals surface area contributed by atoms with Crippen molar-refractivity contribution in [1.29, 1.82) is 0 Å². The van der Waals surface area contributed by atoms with Crippen LogP contribution in [0.2, 0.25) is 0 Å². The highest BCUT2D eigenvalue weighted by Crippen LogP contribution is 2.11. The lowest BCUT2D eigenvalue weighted by Gasteiger charge is -2.39. The Morgan fingerprint density at radius 1 is 0.900 bits per heavy atom. The molecule has 0 saturated heterocycles. The average molecular weight is 144 g/mol. The van der Waals surface area contributed by atoms with E-state index in [9.17, 15) is 0 Å². The van der Waals surface area contributed by atoms with Gasteiger partial charge in [0, 0.05) is 0 Å². The monoisotopic (exact) mass is 144 g/mol. The molecule has 0 amide bonds. The number of hydrogen-bond acceptors (Lipinski definition) is 0. The second-order valence-corrected chi connectivity index (χ2v) is 3.26. The summed E-state index contributed by atoms with van der Waals surface area (Å²) < 4.78 is 1.26. The molecule has 0 saturated carbocycles. The van der Waals surface area contributed by atoms with Crippen molar-refractivity contribution in [3.63, 3.8) is 0 Å². The maximum absolute atomic E-state index is 2.32. The summed E-state index contributed by atoms with van der Waals surface area (Å²) in [5.74, 6) is 0. The maximum atomic E-state index is 2.32. The van der Waals surface area contributed by atoms with E-state index in [0.717, 1.165) is 6.04 Å². The first-order valence-electron chi connectivity index (χ1n) is 4.48. The lowest BCUT2D eigenvalue weighted by molar-refractivity contribution is -0.943. The zero-order chi connectivity index (χ0) is 8.20. The molecular formula is C9H22N+. The minimum Gasteiger partial charge on any atom is -0.322 e. The van der Waals surface area contributed by atoms with Crippen LogP contribution in [0, 0.1) is 0 Å². The first-order chi connectivity index (χ1) is 4.63. The summed E-state index contributed by atoms with van der Waals surface area (Å²) in [4.78, 5) is 0. The van der Waals surface area contributed by atoms with Gasteiger partial charge in [-0.25, -0.2) is 0 Å². The summed E-state index contributed by atoms with van der Waals surface area (Å²) in [7, 11) is 0. The van der Waals surface area contributed by atoms with Crippen molar-refractivity contribution in [2.75, 3.05) is 19.6 Å². The van der Waals surface area contributed by atoms with Crippen molar-refractivity contribution < 1.29 is 4.48 Å². The van der Waals surface area contributed by atoms with E-state index in [0.29, 0.717) is 0 Å². The minimum atomic E-state index is 0.778. The summed E-state index contributed by atoms with van der Waals surface area (Å²) in [6.45, 7) is 15.3. The third-order valence-electron chi connectivity index (χ3n) is 2.98. The molecule has 0 aliphatic heterocycles. The Hall–Kier alpha value is -0.0400. The standard InChI is InChI=1S/C9H22N/c1-6-10(7-2,8-3)9(4)5/h9H,6-8H2,1-5H3/q+1. The largest absolute Gasteiger partial charge is 0.322 e. The van der Waals surface area contributed by atoms with Gasteiger partial charge in [0.1, 0.15) is 0 Å². The van der Waals surface area contributed by atoms with Gasteiger partial charge >= 0.3 is 0 Å². The molecule has 0 aromatic carbocycles. The van der Waals surface area contributed by atoms with E-state index in [1.165, 1.54) is 24.1 Å². The van der Waals surface area contributed by atoms with Crippen molar-refractivity contribution >= 4 is 0 Å². The van der Waals surface area contributed by atoms with Crippen LogP contribution in [0.25, 0.3) is 0 Å². The zero-order valence-electron chi connectivity index (χ0n) is 8.15. The predicted octanol–water partition coefficient (Wildman–Crippen LogP) is 2.27. The second kappa shape index (κ2) is 3.97. The van der Waals surface area contributed by atoms with Crippen LogP contribution in [-0.4, -0.2) is 30.2 Å². The summed E-state index contributed by atoms with van der Waals surface area (Å²) >= 11 is 0. The maximum Gasteiger partial charge on any atom is 0.0833 e. The van der Waals surface area contributed by atoms with Crippen LogP contribution in [0.15, 0.2) is 0 Å². The summed E-state index contributed by atoms with van der Waals surface area (Å²) in [6, 6.07) is 0.778. The zero-order valence-corrected chi connectivity index (χ0v) is 8.15. The van der Waals surface area contributed by atoms with E-state index in [4.69, 9.17) is 0 Å². The highest BCUT2D eigenvalue weighted by atomic mass is 15.4. The van der Waals surface area contributed by atoms with Gasteiger partial charge in [-0.3, -0.25) is 0 Å². The van der Waals surface area contributed by atoms with Crippen molar-refractivity contribution in [3.05, 3.63) is 0 Å². The van der Waals surface area contributed by atoms with Gasteiger partial charge in [-0.15, -0.1) is 0 Å². The van der Waals surface area contributed by atoms with Crippen molar-refractivity contribution in [1.82, 2.24) is 0 Å². The summed E-state index contributed by atoms with van der Waals surface area (Å²) in [5.41, 5.74) is 0. The molecule has 0 aromatic rings. The van der Waals surface area contributed by atoms with Gasteiger partial charge < -0.3 is 4.48 Å². The van der Waals surface area contributed by atoms with Crippen molar-refractivity contribution in [3.8, 4) is 0 Å². The van der Waals surface area contributed by atoms with E-state index >= 15 is 0 Å². The predicted molar refractivity (Wildman–Crippen MR) is 47.0 cm³/mol. The molecule has 0 spiro atoms. The number of rotatable bonds is 4. The highest BCUT2D eigenvalue weighted by Gasteiger charge is 2.23. The highest BCUT2D eigenvalue weighted by molar-refractivity contribution is 4.43. The quantitative estimate of drug-likeness (QED) is 0.531. The van der Waals surface area contributed by atoms with Gasteiger partial charge in [-0.1, -0.05) is 0 Å². The molecule has 0 bridgehead atoms. The Morgan fingerprint density at radius 2 is 1.20 bits per heavy atom. The van der Waals surface area contributed by atoms with Crippen LogP contribution in [0.3, 0.4) is 0 Å². The molecule has 1 nitrogen and oxygen atoms in total. The summed E-state index contributed by atoms with van der Waals surface area (Å²) in [6.07, 6.45) is 0. The molecule has 0 radical (unpaired) electrons. The molecule has 0 rings (SSSR count). The normalized spacial score (nSPS) is 12.6. The molecule has 10 heavy (non-hydrogen) atoms. The molecule has 62 valence electrons. The Bertz CT molecular complexity index is 74.5. The fourth-order valence-electron chi connectivity index (χ4n) is 1.77. The number of hydrogen-bond donors (Lipinski definition) is 0. The molecular weight excluding hydrogens is 122 g/mol. The van der Waals surface area contributed by atoms with Gasteiger partial charge in [0.15, 0.2) is 0 Å². The average Bonchev–Trinajstić information content (AvgIpc) is 1.92. The molecule has 0 aromatic heterocycles. The molecule has 0 heterocycles. The van der Waals surface area contributed by atoms with Gasteiger partial charge in [0.05, 0.1) is 25.7 Å². The van der Waals surface area contributed by atoms with Crippen molar-refractivity contribution in [2.24, 2.45) is 0 Å². The van der Waals surface area contributed by atoms with Crippen LogP contribution in [0.5, 0.6) is 0 Å². The Labute approximate surface area is 65.6 Å². The molecule has 0 aliphatic carbocycles. The van der Waals surface area contributed by atoms with E-state index in [2.05, 4.69) is 34.6 Å². The fraction of sp³-hybridized carbons (Fsp3) is 1.00. The first kappa shape index (κ1) is 9.96. The van der Waals surface area contributed by atoms with E-state index in [1.54, 1.807) is 0 Å². The number of quaternary nitrogens is 1. The van der Waals surface area contributed by atoms with Gasteiger partial charge in [0.2, 0.25) is 0 Å². The van der Waals surface area contributed by atoms with Crippen LogP contribution in [-0.2, 0) is 0 Å². The third kappa shape index (κ3) is 1.72. The third-order valence-corrected chi connectivity index (χ3v) is 2.98.